The highest BCUT2D eigenvalue weighted by Crippen LogP contribution is 2.52. The minimum absolute atomic E-state index is 0.0688. The molecule has 1 unspecified atom stereocenters. The van der Waals surface area contributed by atoms with Crippen LogP contribution in [0.1, 0.15) is 30.5 Å². The number of halogens is 4. The lowest BCUT2D eigenvalue weighted by molar-refractivity contribution is -0.142. The number of sulfonamides is 1. The van der Waals surface area contributed by atoms with E-state index in [0.29, 0.717) is 25.7 Å². The van der Waals surface area contributed by atoms with Gasteiger partial charge in [-0.05, 0) is 38.3 Å². The van der Waals surface area contributed by atoms with Crippen molar-refractivity contribution in [3.63, 3.8) is 0 Å². The van der Waals surface area contributed by atoms with Crippen LogP contribution in [0.2, 0.25) is 5.02 Å². The van der Waals surface area contributed by atoms with Crippen molar-refractivity contribution in [3.8, 4) is 0 Å². The Morgan fingerprint density at radius 1 is 1.18 bits per heavy atom. The maximum Gasteiger partial charge on any atom is 0.416 e. The minimum atomic E-state index is -5.08. The van der Waals surface area contributed by atoms with Crippen LogP contribution in [0.25, 0.3) is 0 Å². The number of rotatable bonds is 8. The number of nitrogens with zero attached hydrogens (tertiary/aromatic N) is 2. The molecule has 2 aromatic carbocycles. The molecule has 1 amide bonds. The maximum absolute atomic E-state index is 14.3. The van der Waals surface area contributed by atoms with E-state index < -0.39 is 43.7 Å². The molecule has 0 spiro atoms. The van der Waals surface area contributed by atoms with Crippen LogP contribution in [0, 0.1) is 0 Å². The standard InChI is InChI=1S/C22H25ClF3N3O4S/c1-4-28(5-2)10-11-29-18-13-14(34(32,33)27-3)12-16(22(24,25)26)19(18)21(31,20(29)30)15-8-6-7-9-17(15)23/h6-9,12-13,27,31H,4-5,10-11H2,1-3H3. The van der Waals surface area contributed by atoms with Crippen molar-refractivity contribution >= 4 is 33.2 Å². The average molecular weight is 520 g/mol. The van der Waals surface area contributed by atoms with E-state index in [9.17, 15) is 31.5 Å². The van der Waals surface area contributed by atoms with Crippen molar-refractivity contribution in [2.45, 2.75) is 30.5 Å². The summed E-state index contributed by atoms with van der Waals surface area (Å²) in [5.74, 6) is -1.03. The number of likely N-dealkylation sites (N-methyl/N-ethyl adjacent to an activating group) is 1. The molecule has 0 saturated carbocycles. The van der Waals surface area contributed by atoms with Crippen molar-refractivity contribution in [3.05, 3.63) is 58.1 Å². The number of carbonyl (C=O) groups excluding carboxylic acids is 1. The highest BCUT2D eigenvalue weighted by molar-refractivity contribution is 7.89. The molecule has 1 atom stereocenters. The molecule has 0 bridgehead atoms. The van der Waals surface area contributed by atoms with Gasteiger partial charge in [0.25, 0.3) is 5.91 Å². The van der Waals surface area contributed by atoms with E-state index in [0.717, 1.165) is 18.0 Å². The van der Waals surface area contributed by atoms with Gasteiger partial charge in [0.1, 0.15) is 0 Å². The number of anilines is 1. The first-order valence-corrected chi connectivity index (χ1v) is 12.4. The summed E-state index contributed by atoms with van der Waals surface area (Å²) < 4.78 is 69.6. The molecular formula is C22H25ClF3N3O4S. The lowest BCUT2D eigenvalue weighted by Crippen LogP contribution is -2.44. The average Bonchev–Trinajstić information content (AvgIpc) is 3.01. The predicted molar refractivity (Wildman–Crippen MR) is 122 cm³/mol. The second kappa shape index (κ2) is 9.46. The molecule has 0 aliphatic carbocycles. The predicted octanol–water partition coefficient (Wildman–Crippen LogP) is 3.19. The van der Waals surface area contributed by atoms with Crippen LogP contribution in [0.4, 0.5) is 18.9 Å². The van der Waals surface area contributed by atoms with Crippen LogP contribution in [-0.4, -0.2) is 57.6 Å². The first-order chi connectivity index (χ1) is 15.8. The van der Waals surface area contributed by atoms with Crippen molar-refractivity contribution in [2.75, 3.05) is 38.1 Å². The molecule has 1 aliphatic heterocycles. The third-order valence-electron chi connectivity index (χ3n) is 5.98. The maximum atomic E-state index is 14.3. The summed E-state index contributed by atoms with van der Waals surface area (Å²) in [6, 6.07) is 6.99. The summed E-state index contributed by atoms with van der Waals surface area (Å²) in [7, 11) is -3.23. The molecule has 12 heteroatoms. The molecule has 7 nitrogen and oxygen atoms in total. The van der Waals surface area contributed by atoms with Gasteiger partial charge in [-0.15, -0.1) is 0 Å². The molecule has 0 fully saturated rings. The summed E-state index contributed by atoms with van der Waals surface area (Å²) in [5.41, 5.74) is -5.48. The number of fused-ring (bicyclic) bond motifs is 1. The van der Waals surface area contributed by atoms with E-state index in [1.807, 2.05) is 23.5 Å². The Kier molecular flexibility index (Phi) is 7.35. The Balaban J connectivity index is 2.37. The molecule has 1 heterocycles. The third kappa shape index (κ3) is 4.42. The van der Waals surface area contributed by atoms with Gasteiger partial charge in [0.2, 0.25) is 10.0 Å². The highest BCUT2D eigenvalue weighted by Gasteiger charge is 2.56. The zero-order chi connectivity index (χ0) is 25.5. The Hall–Kier alpha value is -2.18. The smallest absolute Gasteiger partial charge is 0.372 e. The second-order valence-electron chi connectivity index (χ2n) is 7.74. The van der Waals surface area contributed by atoms with Crippen LogP contribution in [-0.2, 0) is 26.6 Å². The fraction of sp³-hybridized carbons (Fsp3) is 0.409. The summed E-state index contributed by atoms with van der Waals surface area (Å²) in [4.78, 5) is 15.9. The van der Waals surface area contributed by atoms with Crippen molar-refractivity contribution in [1.29, 1.82) is 0 Å². The first-order valence-electron chi connectivity index (χ1n) is 10.5. The van der Waals surface area contributed by atoms with E-state index >= 15 is 0 Å². The number of alkyl halides is 3. The van der Waals surface area contributed by atoms with Gasteiger partial charge in [0.15, 0.2) is 5.60 Å². The number of aliphatic hydroxyl groups is 1. The molecule has 1 aliphatic rings. The molecule has 2 N–H and O–H groups in total. The van der Waals surface area contributed by atoms with Crippen LogP contribution < -0.4 is 9.62 Å². The summed E-state index contributed by atoms with van der Waals surface area (Å²) in [6.45, 7) is 5.26. The Morgan fingerprint density at radius 3 is 2.32 bits per heavy atom. The van der Waals surface area contributed by atoms with Gasteiger partial charge in [-0.1, -0.05) is 43.6 Å². The molecule has 3 rings (SSSR count). The first kappa shape index (κ1) is 26.4. The van der Waals surface area contributed by atoms with E-state index in [1.165, 1.54) is 24.3 Å². The van der Waals surface area contributed by atoms with E-state index in [4.69, 9.17) is 11.6 Å². The highest BCUT2D eigenvalue weighted by atomic mass is 35.5. The summed E-state index contributed by atoms with van der Waals surface area (Å²) in [6.07, 6.45) is -5.08. The Morgan fingerprint density at radius 2 is 1.79 bits per heavy atom. The van der Waals surface area contributed by atoms with Crippen molar-refractivity contribution < 1.29 is 31.5 Å². The number of benzene rings is 2. The van der Waals surface area contributed by atoms with Crippen molar-refractivity contribution in [2.24, 2.45) is 0 Å². The van der Waals surface area contributed by atoms with Crippen LogP contribution in [0.5, 0.6) is 0 Å². The SMILES string of the molecule is CCN(CC)CCN1C(=O)C(O)(c2ccccc2Cl)c2c1cc(S(=O)(=O)NC)cc2C(F)(F)F. The summed E-state index contributed by atoms with van der Waals surface area (Å²) >= 11 is 6.21. The number of hydrogen-bond donors (Lipinski definition) is 2. The molecule has 2 aromatic rings. The van der Waals surface area contributed by atoms with Gasteiger partial charge in [0.05, 0.1) is 16.1 Å². The number of amides is 1. The minimum Gasteiger partial charge on any atom is -0.372 e. The van der Waals surface area contributed by atoms with E-state index in [1.54, 1.807) is 0 Å². The lowest BCUT2D eigenvalue weighted by Gasteiger charge is -2.27. The number of hydrogen-bond acceptors (Lipinski definition) is 5. The van der Waals surface area contributed by atoms with Gasteiger partial charge in [-0.25, -0.2) is 13.1 Å². The van der Waals surface area contributed by atoms with Gasteiger partial charge in [0, 0.05) is 29.2 Å². The normalized spacial score (nSPS) is 18.6. The second-order valence-corrected chi connectivity index (χ2v) is 10.0. The molecule has 0 aromatic heterocycles. The molecule has 0 saturated heterocycles. The van der Waals surface area contributed by atoms with Gasteiger partial charge < -0.3 is 14.9 Å². The fourth-order valence-electron chi connectivity index (χ4n) is 4.11. The quantitative estimate of drug-likeness (QED) is 0.559. The number of carbonyl (C=O) groups is 1. The van der Waals surface area contributed by atoms with Crippen LogP contribution in [0.3, 0.4) is 0 Å². The molecular weight excluding hydrogens is 495 g/mol. The Labute approximate surface area is 201 Å². The molecule has 34 heavy (non-hydrogen) atoms. The zero-order valence-corrected chi connectivity index (χ0v) is 20.4. The topological polar surface area (TPSA) is 90.0 Å². The fourth-order valence-corrected chi connectivity index (χ4v) is 5.16. The third-order valence-corrected chi connectivity index (χ3v) is 7.70. The van der Waals surface area contributed by atoms with Gasteiger partial charge in [-0.2, -0.15) is 13.2 Å². The van der Waals surface area contributed by atoms with E-state index in [2.05, 4.69) is 0 Å². The molecule has 186 valence electrons. The van der Waals surface area contributed by atoms with Gasteiger partial charge >= 0.3 is 6.18 Å². The summed E-state index contributed by atoms with van der Waals surface area (Å²) in [5, 5.41) is 11.6. The van der Waals surface area contributed by atoms with Crippen molar-refractivity contribution in [1.82, 2.24) is 9.62 Å². The van der Waals surface area contributed by atoms with Crippen LogP contribution >= 0.6 is 11.6 Å². The molecule has 0 radical (unpaired) electrons. The van der Waals surface area contributed by atoms with E-state index in [-0.39, 0.29) is 22.8 Å². The Bertz CT molecular complexity index is 1200. The zero-order valence-electron chi connectivity index (χ0n) is 18.8. The van der Waals surface area contributed by atoms with Gasteiger partial charge in [-0.3, -0.25) is 4.79 Å². The largest absolute Gasteiger partial charge is 0.416 e. The monoisotopic (exact) mass is 519 g/mol. The van der Waals surface area contributed by atoms with Crippen LogP contribution in [0.15, 0.2) is 41.3 Å². The number of nitrogens with one attached hydrogen (secondary N) is 1. The lowest BCUT2D eigenvalue weighted by atomic mass is 9.84.